The zero-order valence-electron chi connectivity index (χ0n) is 21.1. The van der Waals surface area contributed by atoms with E-state index < -0.39 is 5.82 Å². The predicted molar refractivity (Wildman–Crippen MR) is 143 cm³/mol. The molecule has 0 bridgehead atoms. The molecule has 1 aliphatic carbocycles. The number of nitrogens with two attached hydrogens (primary N) is 2. The van der Waals surface area contributed by atoms with Crippen LogP contribution in [0.25, 0.3) is 21.9 Å². The van der Waals surface area contributed by atoms with Gasteiger partial charge in [-0.1, -0.05) is 13.3 Å². The summed E-state index contributed by atoms with van der Waals surface area (Å²) >= 11 is 0. The first kappa shape index (κ1) is 24.5. The third-order valence-corrected chi connectivity index (χ3v) is 7.32. The lowest BCUT2D eigenvalue weighted by Gasteiger charge is -2.22. The van der Waals surface area contributed by atoms with Crippen molar-refractivity contribution in [1.82, 2.24) is 9.97 Å². The maximum Gasteiger partial charge on any atom is 0.237 e. The number of allylic oxidation sites excluding steroid dienone is 1. The number of aromatic nitrogens is 2. The van der Waals surface area contributed by atoms with Crippen molar-refractivity contribution >= 4 is 40.1 Å². The number of halogens is 1. The summed E-state index contributed by atoms with van der Waals surface area (Å²) in [6.45, 7) is 5.12. The average molecular weight is 505 g/mol. The molecule has 3 aromatic rings. The molecule has 1 aromatic carbocycles. The molecule has 2 aliphatic rings. The fraction of sp³-hybridized carbons (Fsp3) is 0.333. The van der Waals surface area contributed by atoms with E-state index in [1.807, 2.05) is 13.1 Å². The Morgan fingerprint density at radius 1 is 1.30 bits per heavy atom. The Kier molecular flexibility index (Phi) is 6.41. The number of ether oxygens (including phenoxy) is 1. The van der Waals surface area contributed by atoms with Gasteiger partial charge in [-0.05, 0) is 35.9 Å². The van der Waals surface area contributed by atoms with Gasteiger partial charge in [0.05, 0.1) is 5.69 Å². The summed E-state index contributed by atoms with van der Waals surface area (Å²) in [5.41, 5.74) is 15.4. The molecule has 1 fully saturated rings. The van der Waals surface area contributed by atoms with Crippen molar-refractivity contribution in [3.8, 4) is 17.0 Å². The average Bonchev–Trinajstić information content (AvgIpc) is 3.64. The third-order valence-electron chi connectivity index (χ3n) is 7.32. The Bertz CT molecular complexity index is 1450. The van der Waals surface area contributed by atoms with Gasteiger partial charge in [0.15, 0.2) is 12.0 Å². The van der Waals surface area contributed by atoms with Gasteiger partial charge in [-0.25, -0.2) is 14.4 Å². The molecule has 0 spiro atoms. The fourth-order valence-electron chi connectivity index (χ4n) is 5.38. The van der Waals surface area contributed by atoms with Gasteiger partial charge in [-0.3, -0.25) is 9.79 Å². The molecular weight excluding hydrogens is 473 g/mol. The highest BCUT2D eigenvalue weighted by atomic mass is 19.1. The number of nitrogen functional groups attached to an aromatic ring is 1. The van der Waals surface area contributed by atoms with Crippen LogP contribution in [0.1, 0.15) is 18.9 Å². The lowest BCUT2D eigenvalue weighted by molar-refractivity contribution is -0.413. The highest BCUT2D eigenvalue weighted by Crippen LogP contribution is 2.52. The van der Waals surface area contributed by atoms with Crippen molar-refractivity contribution in [3.05, 3.63) is 47.7 Å². The van der Waals surface area contributed by atoms with Gasteiger partial charge in [0.2, 0.25) is 11.8 Å². The van der Waals surface area contributed by atoms with E-state index in [1.54, 1.807) is 31.6 Å². The molecule has 9 nitrogen and oxygen atoms in total. The zero-order valence-corrected chi connectivity index (χ0v) is 21.1. The van der Waals surface area contributed by atoms with Crippen LogP contribution in [0.4, 0.5) is 21.6 Å². The molecule has 0 radical (unpaired) electrons. The number of amides is 1. The molecule has 2 aromatic heterocycles. The second-order valence-corrected chi connectivity index (χ2v) is 9.41. The van der Waals surface area contributed by atoms with Crippen molar-refractivity contribution < 1.29 is 18.9 Å². The van der Waals surface area contributed by atoms with Crippen molar-refractivity contribution in [1.29, 1.82) is 0 Å². The number of pyridine rings is 2. The standard InChI is InChI=1S/C27H30FN7O2/c1-4-16-21(15(9-29)10-31-3)22(16)26(36)35-20-8-14-7-17(23(28)24(30)19(14)12-33-20)18-11-34-27-25(13(18)2)32-5-6-37-27/h7-12,16,21-22,32H,4-6,29-30H2,1-3H3,(H,33,35,36)/p+1/t16-,21-,22-/m1/s1. The van der Waals surface area contributed by atoms with Crippen LogP contribution in [0, 0.1) is 30.5 Å². The van der Waals surface area contributed by atoms with E-state index in [0.29, 0.717) is 46.7 Å². The molecule has 0 unspecified atom stereocenters. The Morgan fingerprint density at radius 2 is 2.11 bits per heavy atom. The normalized spacial score (nSPS) is 20.9. The number of benzene rings is 1. The quantitative estimate of drug-likeness (QED) is 0.255. The molecule has 5 rings (SSSR count). The number of carbonyl (C=O) groups is 1. The molecule has 0 saturated heterocycles. The minimum absolute atomic E-state index is 0.00663. The molecular formula is C27H31FN7O2+. The van der Waals surface area contributed by atoms with Crippen molar-refractivity contribution in [2.45, 2.75) is 20.3 Å². The molecule has 10 heteroatoms. The van der Waals surface area contributed by atoms with Crippen molar-refractivity contribution in [2.75, 3.05) is 36.6 Å². The lowest BCUT2D eigenvalue weighted by atomic mass is 9.97. The number of hydrogen-bond acceptors (Lipinski definition) is 7. The minimum atomic E-state index is -0.541. The van der Waals surface area contributed by atoms with Crippen LogP contribution in [0.15, 0.2) is 36.3 Å². The Labute approximate surface area is 214 Å². The first-order chi connectivity index (χ1) is 17.9. The number of anilines is 3. The monoisotopic (exact) mass is 504 g/mol. The summed E-state index contributed by atoms with van der Waals surface area (Å²) in [4.78, 5) is 24.8. The van der Waals surface area contributed by atoms with E-state index >= 15 is 4.39 Å². The molecule has 7 N–H and O–H groups in total. The molecule has 1 aliphatic heterocycles. The smallest absolute Gasteiger partial charge is 0.237 e. The topological polar surface area (TPSA) is 142 Å². The first-order valence-corrected chi connectivity index (χ1v) is 12.4. The van der Waals surface area contributed by atoms with Crippen LogP contribution in [0.2, 0.25) is 0 Å². The number of carbonyl (C=O) groups excluding carboxylic acids is 1. The summed E-state index contributed by atoms with van der Waals surface area (Å²) in [5, 5.41) is 7.33. The minimum Gasteiger partial charge on any atom is -0.474 e. The molecule has 192 valence electrons. The molecule has 1 amide bonds. The number of rotatable bonds is 6. The Balaban J connectivity index is 1.47. The lowest BCUT2D eigenvalue weighted by Crippen LogP contribution is -2.63. The van der Waals surface area contributed by atoms with Crippen molar-refractivity contribution in [2.24, 2.45) is 23.5 Å². The summed E-state index contributed by atoms with van der Waals surface area (Å²) in [6.07, 6.45) is 7.31. The predicted octanol–water partition coefficient (Wildman–Crippen LogP) is 1.97. The Hall–Kier alpha value is -4.21. The van der Waals surface area contributed by atoms with E-state index in [4.69, 9.17) is 16.2 Å². The van der Waals surface area contributed by atoms with Crippen molar-refractivity contribution in [3.63, 3.8) is 0 Å². The molecule has 37 heavy (non-hydrogen) atoms. The largest absolute Gasteiger partial charge is 0.474 e. The van der Waals surface area contributed by atoms with Crippen LogP contribution in [0.5, 0.6) is 5.88 Å². The van der Waals surface area contributed by atoms with Crippen LogP contribution in [-0.2, 0) is 4.79 Å². The first-order valence-electron chi connectivity index (χ1n) is 12.4. The van der Waals surface area contributed by atoms with E-state index in [9.17, 15) is 4.79 Å². The molecule has 3 heterocycles. The fourth-order valence-corrected chi connectivity index (χ4v) is 5.38. The van der Waals surface area contributed by atoms with Crippen LogP contribution >= 0.6 is 0 Å². The number of nitrogens with zero attached hydrogens (tertiary/aromatic N) is 2. The van der Waals surface area contributed by atoms with E-state index in [0.717, 1.165) is 23.2 Å². The zero-order chi connectivity index (χ0) is 26.3. The van der Waals surface area contributed by atoms with Gasteiger partial charge in [-0.15, -0.1) is 0 Å². The van der Waals surface area contributed by atoms with Crippen LogP contribution in [-0.4, -0.2) is 42.3 Å². The van der Waals surface area contributed by atoms with Crippen LogP contribution in [0.3, 0.4) is 0 Å². The van der Waals surface area contributed by atoms with Crippen LogP contribution < -0.4 is 31.8 Å². The molecule has 3 atom stereocenters. The third kappa shape index (κ3) is 4.22. The number of nitrogens with one attached hydrogen (secondary N) is 3. The van der Waals surface area contributed by atoms with E-state index in [-0.39, 0.29) is 29.3 Å². The maximum absolute atomic E-state index is 15.4. The molecule has 1 saturated carbocycles. The SMILES string of the molecule is CC[C@H]1[C@@H](C(=O)Nc2cc3cc(-c4cnc5c(c4C)NCCO5)c(F)c(N)c3cn2)[C@@H]1C(C=[NH+]C)=CN. The summed E-state index contributed by atoms with van der Waals surface area (Å²) in [5.74, 6) is 0.268. The van der Waals surface area contributed by atoms with Gasteiger partial charge in [0.25, 0.3) is 0 Å². The van der Waals surface area contributed by atoms with E-state index in [1.165, 1.54) is 6.20 Å². The second kappa shape index (κ2) is 9.68. The summed E-state index contributed by atoms with van der Waals surface area (Å²) < 4.78 is 21.0. The Morgan fingerprint density at radius 3 is 2.84 bits per heavy atom. The summed E-state index contributed by atoms with van der Waals surface area (Å²) in [6, 6.07) is 3.43. The second-order valence-electron chi connectivity index (χ2n) is 9.41. The highest BCUT2D eigenvalue weighted by molar-refractivity contribution is 6.01. The van der Waals surface area contributed by atoms with Gasteiger partial charge >= 0.3 is 0 Å². The highest BCUT2D eigenvalue weighted by Gasteiger charge is 2.55. The van der Waals surface area contributed by atoms with E-state index in [2.05, 4.69) is 32.5 Å². The van der Waals surface area contributed by atoms with Gasteiger partial charge in [0.1, 0.15) is 25.2 Å². The van der Waals surface area contributed by atoms with Gasteiger partial charge in [-0.2, -0.15) is 0 Å². The van der Waals surface area contributed by atoms with Gasteiger partial charge < -0.3 is 26.8 Å². The van der Waals surface area contributed by atoms with Gasteiger partial charge in [0, 0.05) is 59.1 Å². The number of hydrogen-bond donors (Lipinski definition) is 5. The maximum atomic E-state index is 15.4. The number of fused-ring (bicyclic) bond motifs is 2. The summed E-state index contributed by atoms with van der Waals surface area (Å²) in [7, 11) is 1.80.